The third kappa shape index (κ3) is 5.77. The van der Waals surface area contributed by atoms with Crippen molar-refractivity contribution in [3.63, 3.8) is 0 Å². The predicted octanol–water partition coefficient (Wildman–Crippen LogP) is 4.71. The second-order valence-electron chi connectivity index (χ2n) is 6.07. The SMILES string of the molecule is COc1cc(NC(=O)C(N=Nc2cc(Cl)c(OC)c(OC)c2)C(C)=O)c(Cl)c(OC)c1. The largest absolute Gasteiger partial charge is 0.497 e. The highest BCUT2D eigenvalue weighted by Gasteiger charge is 2.25. The molecule has 0 radical (unpaired) electrons. The van der Waals surface area contributed by atoms with Crippen molar-refractivity contribution >= 4 is 46.3 Å². The fourth-order valence-electron chi connectivity index (χ4n) is 2.54. The van der Waals surface area contributed by atoms with Gasteiger partial charge in [-0.1, -0.05) is 23.2 Å². The van der Waals surface area contributed by atoms with Crippen molar-refractivity contribution in [3.05, 3.63) is 34.3 Å². The van der Waals surface area contributed by atoms with Crippen LogP contribution in [0.5, 0.6) is 23.0 Å². The summed E-state index contributed by atoms with van der Waals surface area (Å²) in [6.45, 7) is 1.22. The molecule has 0 saturated carbocycles. The molecule has 11 heteroatoms. The number of amides is 1. The number of carbonyl (C=O) groups is 2. The number of ketones is 1. The standard InChI is InChI=1S/C20H21Cl2N3O6/c1-10(26)18(25-24-11-6-13(21)19(31-5)16(7-11)30-4)20(27)23-14-8-12(28-2)9-15(29-3)17(14)22/h6-9,18H,1-5H3,(H,23,27). The van der Waals surface area contributed by atoms with Crippen molar-refractivity contribution in [2.75, 3.05) is 33.8 Å². The number of benzene rings is 2. The van der Waals surface area contributed by atoms with E-state index in [0.29, 0.717) is 17.2 Å². The van der Waals surface area contributed by atoms with E-state index >= 15 is 0 Å². The average molecular weight is 470 g/mol. The highest BCUT2D eigenvalue weighted by molar-refractivity contribution is 6.35. The Hall–Kier alpha value is -3.04. The first-order chi connectivity index (χ1) is 14.7. The van der Waals surface area contributed by atoms with Crippen molar-refractivity contribution in [2.24, 2.45) is 10.2 Å². The summed E-state index contributed by atoms with van der Waals surface area (Å²) in [6.07, 6.45) is 0. The monoisotopic (exact) mass is 469 g/mol. The molecule has 0 aliphatic heterocycles. The van der Waals surface area contributed by atoms with Crippen molar-refractivity contribution < 1.29 is 28.5 Å². The third-order valence-electron chi connectivity index (χ3n) is 4.07. The number of rotatable bonds is 9. The number of halogens is 2. The van der Waals surface area contributed by atoms with Crippen LogP contribution in [0.3, 0.4) is 0 Å². The van der Waals surface area contributed by atoms with Gasteiger partial charge in [0.15, 0.2) is 17.3 Å². The molecule has 2 aromatic rings. The van der Waals surface area contributed by atoms with Crippen LogP contribution in [0.2, 0.25) is 10.0 Å². The van der Waals surface area contributed by atoms with Crippen molar-refractivity contribution in [1.29, 1.82) is 0 Å². The number of ether oxygens (including phenoxy) is 4. The summed E-state index contributed by atoms with van der Waals surface area (Å²) in [5, 5.41) is 10.8. The zero-order valence-electron chi connectivity index (χ0n) is 17.5. The predicted molar refractivity (Wildman–Crippen MR) is 117 cm³/mol. The number of carbonyl (C=O) groups excluding carboxylic acids is 2. The lowest BCUT2D eigenvalue weighted by molar-refractivity contribution is -0.126. The molecular formula is C20H21Cl2N3O6. The van der Waals surface area contributed by atoms with Gasteiger partial charge in [-0.25, -0.2) is 0 Å². The average Bonchev–Trinajstić information content (AvgIpc) is 2.74. The van der Waals surface area contributed by atoms with Gasteiger partial charge >= 0.3 is 0 Å². The van der Waals surface area contributed by atoms with Crippen LogP contribution in [0.1, 0.15) is 6.92 Å². The van der Waals surface area contributed by atoms with Crippen LogP contribution >= 0.6 is 23.2 Å². The zero-order chi connectivity index (χ0) is 23.1. The minimum Gasteiger partial charge on any atom is -0.497 e. The Morgan fingerprint density at radius 1 is 0.935 bits per heavy atom. The van der Waals surface area contributed by atoms with E-state index in [1.165, 1.54) is 53.6 Å². The molecule has 1 amide bonds. The number of nitrogens with one attached hydrogen (secondary N) is 1. The smallest absolute Gasteiger partial charge is 0.258 e. The molecule has 0 aliphatic rings. The summed E-state index contributed by atoms with van der Waals surface area (Å²) in [7, 11) is 5.76. The molecule has 0 bridgehead atoms. The Morgan fingerprint density at radius 3 is 2.16 bits per heavy atom. The summed E-state index contributed by atoms with van der Waals surface area (Å²) < 4.78 is 20.7. The van der Waals surface area contributed by atoms with E-state index in [4.69, 9.17) is 42.1 Å². The number of Topliss-reactive ketones (excluding diaryl/α,β-unsaturated/α-hetero) is 1. The molecule has 0 fully saturated rings. The number of nitrogens with zero attached hydrogens (tertiary/aromatic N) is 2. The van der Waals surface area contributed by atoms with Gasteiger partial charge < -0.3 is 24.3 Å². The second kappa shape index (κ2) is 10.8. The first-order valence-electron chi connectivity index (χ1n) is 8.80. The summed E-state index contributed by atoms with van der Waals surface area (Å²) >= 11 is 12.4. The number of hydrogen-bond donors (Lipinski definition) is 1. The molecule has 2 aromatic carbocycles. The summed E-state index contributed by atoms with van der Waals surface area (Å²) in [5.74, 6) is 0.0715. The molecule has 2 rings (SSSR count). The Morgan fingerprint density at radius 2 is 1.61 bits per heavy atom. The van der Waals surface area contributed by atoms with Gasteiger partial charge in [0.05, 0.1) is 44.8 Å². The molecule has 0 aliphatic carbocycles. The first-order valence-corrected chi connectivity index (χ1v) is 9.56. The molecule has 1 N–H and O–H groups in total. The maximum absolute atomic E-state index is 12.7. The van der Waals surface area contributed by atoms with Gasteiger partial charge in [0.25, 0.3) is 5.91 Å². The lowest BCUT2D eigenvalue weighted by Crippen LogP contribution is -2.32. The number of azo groups is 1. The second-order valence-corrected chi connectivity index (χ2v) is 6.86. The minimum atomic E-state index is -1.43. The van der Waals surface area contributed by atoms with Gasteiger partial charge in [-0.15, -0.1) is 0 Å². The topological polar surface area (TPSA) is 108 Å². The van der Waals surface area contributed by atoms with E-state index < -0.39 is 17.7 Å². The van der Waals surface area contributed by atoms with E-state index in [-0.39, 0.29) is 27.2 Å². The quantitative estimate of drug-likeness (QED) is 0.420. The number of hydrogen-bond acceptors (Lipinski definition) is 8. The van der Waals surface area contributed by atoms with E-state index in [1.54, 1.807) is 6.07 Å². The van der Waals surface area contributed by atoms with Crippen LogP contribution in [0.25, 0.3) is 0 Å². The van der Waals surface area contributed by atoms with E-state index in [0.717, 1.165) is 0 Å². The first kappa shape index (κ1) is 24.2. The highest BCUT2D eigenvalue weighted by atomic mass is 35.5. The van der Waals surface area contributed by atoms with Gasteiger partial charge in [0.1, 0.15) is 16.5 Å². The van der Waals surface area contributed by atoms with Crippen LogP contribution in [-0.2, 0) is 9.59 Å². The van der Waals surface area contributed by atoms with E-state index in [9.17, 15) is 9.59 Å². The normalized spacial score (nSPS) is 11.7. The van der Waals surface area contributed by atoms with Gasteiger partial charge in [0, 0.05) is 18.2 Å². The fraction of sp³-hybridized carbons (Fsp3) is 0.300. The molecular weight excluding hydrogens is 449 g/mol. The van der Waals surface area contributed by atoms with Crippen LogP contribution in [0.15, 0.2) is 34.5 Å². The van der Waals surface area contributed by atoms with Crippen LogP contribution in [0, 0.1) is 0 Å². The molecule has 0 spiro atoms. The Bertz CT molecular complexity index is 1010. The lowest BCUT2D eigenvalue weighted by Gasteiger charge is -2.14. The Labute approximate surface area is 189 Å². The maximum atomic E-state index is 12.7. The van der Waals surface area contributed by atoms with E-state index in [2.05, 4.69) is 15.5 Å². The van der Waals surface area contributed by atoms with Gasteiger partial charge in [-0.05, 0) is 13.0 Å². The third-order valence-corrected chi connectivity index (χ3v) is 4.74. The van der Waals surface area contributed by atoms with Crippen molar-refractivity contribution in [2.45, 2.75) is 13.0 Å². The van der Waals surface area contributed by atoms with Gasteiger partial charge in [0.2, 0.25) is 6.04 Å². The zero-order valence-corrected chi connectivity index (χ0v) is 19.0. The lowest BCUT2D eigenvalue weighted by atomic mass is 10.2. The maximum Gasteiger partial charge on any atom is 0.258 e. The minimum absolute atomic E-state index is 0.141. The van der Waals surface area contributed by atoms with Gasteiger partial charge in [-0.3, -0.25) is 9.59 Å². The summed E-state index contributed by atoms with van der Waals surface area (Å²) in [4.78, 5) is 24.8. The molecule has 0 aromatic heterocycles. The summed E-state index contributed by atoms with van der Waals surface area (Å²) in [5.41, 5.74) is 0.459. The Kier molecular flexibility index (Phi) is 8.47. The number of anilines is 1. The van der Waals surface area contributed by atoms with Crippen LogP contribution < -0.4 is 24.3 Å². The van der Waals surface area contributed by atoms with Gasteiger partial charge in [-0.2, -0.15) is 10.2 Å². The van der Waals surface area contributed by atoms with E-state index in [1.807, 2.05) is 0 Å². The highest BCUT2D eigenvalue weighted by Crippen LogP contribution is 2.39. The molecule has 166 valence electrons. The van der Waals surface area contributed by atoms with Crippen LogP contribution in [-0.4, -0.2) is 46.2 Å². The molecule has 31 heavy (non-hydrogen) atoms. The molecule has 9 nitrogen and oxygen atoms in total. The molecule has 0 saturated heterocycles. The van der Waals surface area contributed by atoms with Crippen LogP contribution in [0.4, 0.5) is 11.4 Å². The molecule has 0 heterocycles. The van der Waals surface area contributed by atoms with Crippen molar-refractivity contribution in [3.8, 4) is 23.0 Å². The molecule has 1 atom stereocenters. The summed E-state index contributed by atoms with van der Waals surface area (Å²) in [6, 6.07) is 4.59. The fourth-order valence-corrected chi connectivity index (χ4v) is 3.05. The van der Waals surface area contributed by atoms with Crippen molar-refractivity contribution in [1.82, 2.24) is 0 Å². The number of methoxy groups -OCH3 is 4. The molecule has 1 unspecified atom stereocenters. The Balaban J connectivity index is 2.32.